The third kappa shape index (κ3) is 1.82. The number of hydrogen-bond acceptors (Lipinski definition) is 3. The number of benzene rings is 2. The Kier molecular flexibility index (Phi) is 2.91. The molecule has 0 unspecified atom stereocenters. The number of carbonyl (C=O) groups excluding carboxylic acids is 1. The van der Waals surface area contributed by atoms with Crippen LogP contribution in [0.15, 0.2) is 52.9 Å². The van der Waals surface area contributed by atoms with Gasteiger partial charge in [0.15, 0.2) is 0 Å². The van der Waals surface area contributed by atoms with E-state index in [1.165, 1.54) is 7.11 Å². The first-order valence-corrected chi connectivity index (χ1v) is 6.17. The van der Waals surface area contributed by atoms with E-state index in [4.69, 9.17) is 14.9 Å². The second-order valence-corrected chi connectivity index (χ2v) is 4.38. The Balaban J connectivity index is 2.39. The number of fused-ring (bicyclic) bond motifs is 1. The summed E-state index contributed by atoms with van der Waals surface area (Å²) in [6.07, 6.45) is 0. The number of hydrogen-bond donors (Lipinski definition) is 1. The quantitative estimate of drug-likeness (QED) is 0.792. The van der Waals surface area contributed by atoms with Crippen molar-refractivity contribution >= 4 is 16.9 Å². The Morgan fingerprint density at radius 3 is 2.50 bits per heavy atom. The molecule has 2 N–H and O–H groups in total. The first-order chi connectivity index (χ1) is 9.72. The van der Waals surface area contributed by atoms with E-state index < -0.39 is 5.91 Å². The molecule has 0 saturated carbocycles. The van der Waals surface area contributed by atoms with E-state index in [1.54, 1.807) is 6.07 Å². The smallest absolute Gasteiger partial charge is 0.298 e. The number of carbonyl (C=O) groups is 1. The highest BCUT2D eigenvalue weighted by Gasteiger charge is 2.22. The Morgan fingerprint density at radius 1 is 1.10 bits per heavy atom. The molecule has 2 aromatic carbocycles. The maximum absolute atomic E-state index is 11.7. The van der Waals surface area contributed by atoms with Crippen molar-refractivity contribution in [3.05, 3.63) is 54.1 Å². The van der Waals surface area contributed by atoms with Crippen LogP contribution in [0.1, 0.15) is 10.4 Å². The topological polar surface area (TPSA) is 65.5 Å². The van der Waals surface area contributed by atoms with Gasteiger partial charge in [-0.25, -0.2) is 0 Å². The molecule has 0 atom stereocenters. The van der Waals surface area contributed by atoms with E-state index in [1.807, 2.05) is 42.5 Å². The fourth-order valence-electron chi connectivity index (χ4n) is 2.35. The molecule has 0 saturated heterocycles. The third-order valence-electron chi connectivity index (χ3n) is 3.20. The Morgan fingerprint density at radius 2 is 1.85 bits per heavy atom. The lowest BCUT2D eigenvalue weighted by Gasteiger charge is -2.04. The van der Waals surface area contributed by atoms with Crippen molar-refractivity contribution in [2.24, 2.45) is 5.73 Å². The molecule has 1 heterocycles. The number of amides is 1. The Labute approximate surface area is 115 Å². The van der Waals surface area contributed by atoms with Gasteiger partial charge in [0.05, 0.1) is 7.11 Å². The maximum Gasteiger partial charge on any atom is 0.298 e. The maximum atomic E-state index is 11.7. The zero-order valence-corrected chi connectivity index (χ0v) is 10.9. The van der Waals surface area contributed by atoms with Crippen LogP contribution < -0.4 is 10.5 Å². The van der Waals surface area contributed by atoms with Crippen molar-refractivity contribution in [1.82, 2.24) is 0 Å². The van der Waals surface area contributed by atoms with Gasteiger partial charge in [0.1, 0.15) is 11.1 Å². The molecule has 3 rings (SSSR count). The van der Waals surface area contributed by atoms with E-state index in [2.05, 4.69) is 0 Å². The minimum absolute atomic E-state index is 0.149. The van der Waals surface area contributed by atoms with E-state index in [-0.39, 0.29) is 11.5 Å². The number of furan rings is 1. The van der Waals surface area contributed by atoms with Crippen LogP contribution in [-0.2, 0) is 0 Å². The molecule has 0 spiro atoms. The van der Waals surface area contributed by atoms with Gasteiger partial charge in [-0.2, -0.15) is 0 Å². The van der Waals surface area contributed by atoms with Crippen molar-refractivity contribution in [1.29, 1.82) is 0 Å². The number of rotatable bonds is 3. The standard InChI is InChI=1S/C16H13NO3/c1-19-16-14(15(17)18)13-11(8-5-9-12(13)20-16)10-6-3-2-4-7-10/h2-9H,1H3,(H2,17,18). The first kappa shape index (κ1) is 12.3. The van der Waals surface area contributed by atoms with Gasteiger partial charge < -0.3 is 14.9 Å². The number of primary amides is 1. The second kappa shape index (κ2) is 4.74. The SMILES string of the molecule is COc1oc2cccc(-c3ccccc3)c2c1C(N)=O. The van der Waals surface area contributed by atoms with Gasteiger partial charge in [-0.15, -0.1) is 0 Å². The Bertz CT molecular complexity index is 775. The predicted molar refractivity (Wildman–Crippen MR) is 76.7 cm³/mol. The molecule has 0 aliphatic heterocycles. The van der Waals surface area contributed by atoms with Gasteiger partial charge in [0.2, 0.25) is 0 Å². The monoisotopic (exact) mass is 267 g/mol. The highest BCUT2D eigenvalue weighted by atomic mass is 16.6. The highest BCUT2D eigenvalue weighted by molar-refractivity contribution is 6.12. The van der Waals surface area contributed by atoms with Crippen molar-refractivity contribution in [2.75, 3.05) is 7.11 Å². The summed E-state index contributed by atoms with van der Waals surface area (Å²) >= 11 is 0. The van der Waals surface area contributed by atoms with Crippen LogP contribution in [0.3, 0.4) is 0 Å². The zero-order chi connectivity index (χ0) is 14.1. The number of methoxy groups -OCH3 is 1. The van der Waals surface area contributed by atoms with Gasteiger partial charge >= 0.3 is 0 Å². The molecule has 20 heavy (non-hydrogen) atoms. The van der Waals surface area contributed by atoms with Crippen LogP contribution >= 0.6 is 0 Å². The molecule has 3 aromatic rings. The molecule has 0 bridgehead atoms. The molecular formula is C16H13NO3. The molecule has 100 valence electrons. The molecule has 0 aliphatic carbocycles. The molecule has 1 amide bonds. The van der Waals surface area contributed by atoms with Crippen molar-refractivity contribution in [3.8, 4) is 17.1 Å². The van der Waals surface area contributed by atoms with E-state index in [0.717, 1.165) is 11.1 Å². The minimum Gasteiger partial charge on any atom is -0.468 e. The zero-order valence-electron chi connectivity index (χ0n) is 10.9. The van der Waals surface area contributed by atoms with Gasteiger partial charge in [-0.3, -0.25) is 4.79 Å². The van der Waals surface area contributed by atoms with Gasteiger partial charge in [0, 0.05) is 5.39 Å². The summed E-state index contributed by atoms with van der Waals surface area (Å²) in [4.78, 5) is 11.7. The molecular weight excluding hydrogens is 254 g/mol. The summed E-state index contributed by atoms with van der Waals surface area (Å²) in [6.45, 7) is 0. The van der Waals surface area contributed by atoms with E-state index >= 15 is 0 Å². The molecule has 0 radical (unpaired) electrons. The first-order valence-electron chi connectivity index (χ1n) is 6.17. The second-order valence-electron chi connectivity index (χ2n) is 4.38. The summed E-state index contributed by atoms with van der Waals surface area (Å²) < 4.78 is 10.7. The van der Waals surface area contributed by atoms with Crippen molar-refractivity contribution < 1.29 is 13.9 Å². The molecule has 4 nitrogen and oxygen atoms in total. The average Bonchev–Trinajstić information content (AvgIpc) is 2.86. The molecule has 0 fully saturated rings. The van der Waals surface area contributed by atoms with E-state index in [9.17, 15) is 4.79 Å². The van der Waals surface area contributed by atoms with Crippen LogP contribution in [-0.4, -0.2) is 13.0 Å². The van der Waals surface area contributed by atoms with Gasteiger partial charge in [0.25, 0.3) is 11.9 Å². The Hall–Kier alpha value is -2.75. The van der Waals surface area contributed by atoms with Gasteiger partial charge in [-0.05, 0) is 17.2 Å². The third-order valence-corrected chi connectivity index (χ3v) is 3.20. The summed E-state index contributed by atoms with van der Waals surface area (Å²) in [7, 11) is 1.45. The van der Waals surface area contributed by atoms with Crippen LogP contribution in [0.25, 0.3) is 22.1 Å². The fraction of sp³-hybridized carbons (Fsp3) is 0.0625. The lowest BCUT2D eigenvalue weighted by molar-refractivity contribution is 0.0996. The lowest BCUT2D eigenvalue weighted by atomic mass is 9.99. The van der Waals surface area contributed by atoms with Crippen LogP contribution in [0.5, 0.6) is 5.95 Å². The number of ether oxygens (including phenoxy) is 1. The average molecular weight is 267 g/mol. The van der Waals surface area contributed by atoms with Crippen LogP contribution in [0.2, 0.25) is 0 Å². The number of nitrogens with two attached hydrogens (primary N) is 1. The normalized spacial score (nSPS) is 10.7. The van der Waals surface area contributed by atoms with Crippen LogP contribution in [0, 0.1) is 0 Å². The summed E-state index contributed by atoms with van der Waals surface area (Å²) in [5.74, 6) is -0.417. The predicted octanol–water partition coefficient (Wildman–Crippen LogP) is 3.21. The largest absolute Gasteiger partial charge is 0.468 e. The van der Waals surface area contributed by atoms with Crippen molar-refractivity contribution in [3.63, 3.8) is 0 Å². The summed E-state index contributed by atoms with van der Waals surface area (Å²) in [6, 6.07) is 15.4. The summed E-state index contributed by atoms with van der Waals surface area (Å²) in [5.41, 5.74) is 8.21. The highest BCUT2D eigenvalue weighted by Crippen LogP contribution is 2.37. The minimum atomic E-state index is -0.566. The van der Waals surface area contributed by atoms with Crippen molar-refractivity contribution in [2.45, 2.75) is 0 Å². The van der Waals surface area contributed by atoms with Crippen LogP contribution in [0.4, 0.5) is 0 Å². The van der Waals surface area contributed by atoms with Gasteiger partial charge in [-0.1, -0.05) is 42.5 Å². The molecule has 1 aromatic heterocycles. The molecule has 0 aliphatic rings. The lowest BCUT2D eigenvalue weighted by Crippen LogP contribution is -2.11. The fourth-order valence-corrected chi connectivity index (χ4v) is 2.35. The molecule has 4 heteroatoms. The van der Waals surface area contributed by atoms with E-state index in [0.29, 0.717) is 11.0 Å². The summed E-state index contributed by atoms with van der Waals surface area (Å²) in [5, 5.41) is 0.683.